The number of nitrogens with zero attached hydrogens (tertiary/aromatic N) is 1. The number of phenols is 1. The number of rotatable bonds is 6. The molecule has 6 nitrogen and oxygen atoms in total. The quantitative estimate of drug-likeness (QED) is 0.597. The van der Waals surface area contributed by atoms with Gasteiger partial charge in [0.1, 0.15) is 5.75 Å². The standard InChI is InChI=1S/C19H21ClN2O4/c1-11-5-6-12(2)19(13(11)3)26-10-17(23)22-21-9-14-7-15(20)18(24)16(8-14)25-4/h5-9,24H,10H2,1-4H3,(H,22,23)/b21-9-. The van der Waals surface area contributed by atoms with E-state index in [2.05, 4.69) is 10.5 Å². The molecule has 0 fully saturated rings. The maximum atomic E-state index is 11.9. The molecular weight excluding hydrogens is 356 g/mol. The second-order valence-electron chi connectivity index (χ2n) is 5.79. The van der Waals surface area contributed by atoms with Gasteiger partial charge in [0.15, 0.2) is 18.1 Å². The molecule has 2 aromatic carbocycles. The minimum absolute atomic E-state index is 0.130. The summed E-state index contributed by atoms with van der Waals surface area (Å²) in [5.41, 5.74) is 6.03. The Labute approximate surface area is 157 Å². The zero-order chi connectivity index (χ0) is 19.3. The summed E-state index contributed by atoms with van der Waals surface area (Å²) < 4.78 is 10.6. The Kier molecular flexibility index (Phi) is 6.46. The number of carbonyl (C=O) groups is 1. The number of hydrogen-bond acceptors (Lipinski definition) is 5. The fourth-order valence-electron chi connectivity index (χ4n) is 2.32. The van der Waals surface area contributed by atoms with E-state index < -0.39 is 5.91 Å². The predicted octanol–water partition coefficient (Wildman–Crippen LogP) is 3.51. The molecule has 2 rings (SSSR count). The maximum absolute atomic E-state index is 11.9. The van der Waals surface area contributed by atoms with Crippen molar-refractivity contribution in [2.45, 2.75) is 20.8 Å². The number of carbonyl (C=O) groups excluding carboxylic acids is 1. The van der Waals surface area contributed by atoms with Crippen molar-refractivity contribution in [3.8, 4) is 17.2 Å². The van der Waals surface area contributed by atoms with Crippen molar-refractivity contribution in [2.75, 3.05) is 13.7 Å². The monoisotopic (exact) mass is 376 g/mol. The minimum atomic E-state index is -0.390. The second-order valence-corrected chi connectivity index (χ2v) is 6.20. The Hall–Kier alpha value is -2.73. The van der Waals surface area contributed by atoms with Crippen molar-refractivity contribution >= 4 is 23.7 Å². The van der Waals surface area contributed by atoms with Crippen LogP contribution in [0.15, 0.2) is 29.4 Å². The highest BCUT2D eigenvalue weighted by Gasteiger charge is 2.10. The van der Waals surface area contributed by atoms with Crippen LogP contribution in [-0.4, -0.2) is 30.9 Å². The number of hydrogen-bond donors (Lipinski definition) is 2. The summed E-state index contributed by atoms with van der Waals surface area (Å²) in [5.74, 6) is 0.393. The van der Waals surface area contributed by atoms with Crippen LogP contribution in [0.1, 0.15) is 22.3 Å². The van der Waals surface area contributed by atoms with Gasteiger partial charge in [0.2, 0.25) is 0 Å². The highest BCUT2D eigenvalue weighted by molar-refractivity contribution is 6.32. The fraction of sp³-hybridized carbons (Fsp3) is 0.263. The van der Waals surface area contributed by atoms with Gasteiger partial charge in [-0.05, 0) is 55.2 Å². The Morgan fingerprint density at radius 2 is 1.96 bits per heavy atom. The van der Waals surface area contributed by atoms with Crippen LogP contribution in [0.25, 0.3) is 0 Å². The van der Waals surface area contributed by atoms with E-state index in [9.17, 15) is 9.90 Å². The number of ether oxygens (including phenoxy) is 2. The van der Waals surface area contributed by atoms with Crippen molar-refractivity contribution in [3.63, 3.8) is 0 Å². The third kappa shape index (κ3) is 4.67. The molecule has 0 heterocycles. The first-order chi connectivity index (χ1) is 12.3. The van der Waals surface area contributed by atoms with E-state index in [1.165, 1.54) is 19.4 Å². The molecule has 0 saturated heterocycles. The van der Waals surface area contributed by atoms with Crippen LogP contribution in [0.3, 0.4) is 0 Å². The minimum Gasteiger partial charge on any atom is -0.503 e. The molecule has 26 heavy (non-hydrogen) atoms. The number of aryl methyl sites for hydroxylation is 2. The van der Waals surface area contributed by atoms with Crippen molar-refractivity contribution in [1.29, 1.82) is 0 Å². The predicted molar refractivity (Wildman–Crippen MR) is 102 cm³/mol. The van der Waals surface area contributed by atoms with E-state index in [0.29, 0.717) is 11.3 Å². The Bertz CT molecular complexity index is 850. The first-order valence-corrected chi connectivity index (χ1v) is 8.29. The summed E-state index contributed by atoms with van der Waals surface area (Å²) in [5, 5.41) is 13.7. The first-order valence-electron chi connectivity index (χ1n) is 7.91. The number of hydrazone groups is 1. The lowest BCUT2D eigenvalue weighted by Gasteiger charge is -2.13. The Balaban J connectivity index is 1.96. The molecule has 0 radical (unpaired) electrons. The van der Waals surface area contributed by atoms with Gasteiger partial charge in [0, 0.05) is 0 Å². The van der Waals surface area contributed by atoms with Crippen LogP contribution >= 0.6 is 11.6 Å². The van der Waals surface area contributed by atoms with Crippen molar-refractivity contribution in [2.24, 2.45) is 5.10 Å². The molecule has 0 bridgehead atoms. The summed E-state index contributed by atoms with van der Waals surface area (Å²) >= 11 is 5.90. The number of amides is 1. The summed E-state index contributed by atoms with van der Waals surface area (Å²) in [7, 11) is 1.42. The maximum Gasteiger partial charge on any atom is 0.277 e. The smallest absolute Gasteiger partial charge is 0.277 e. The summed E-state index contributed by atoms with van der Waals surface area (Å²) in [6.07, 6.45) is 1.40. The van der Waals surface area contributed by atoms with E-state index >= 15 is 0 Å². The van der Waals surface area contributed by atoms with Gasteiger partial charge in [-0.15, -0.1) is 0 Å². The molecule has 0 aliphatic heterocycles. The molecule has 2 N–H and O–H groups in total. The topological polar surface area (TPSA) is 80.2 Å². The van der Waals surface area contributed by atoms with Gasteiger partial charge < -0.3 is 14.6 Å². The molecule has 7 heteroatoms. The number of nitrogens with one attached hydrogen (secondary N) is 1. The normalized spacial score (nSPS) is 10.8. The van der Waals surface area contributed by atoms with E-state index in [-0.39, 0.29) is 23.1 Å². The summed E-state index contributed by atoms with van der Waals surface area (Å²) in [6, 6.07) is 7.02. The van der Waals surface area contributed by atoms with Crippen LogP contribution in [-0.2, 0) is 4.79 Å². The highest BCUT2D eigenvalue weighted by Crippen LogP contribution is 2.34. The molecule has 138 valence electrons. The van der Waals surface area contributed by atoms with Gasteiger partial charge in [-0.25, -0.2) is 5.43 Å². The number of methoxy groups -OCH3 is 1. The van der Waals surface area contributed by atoms with Crippen LogP contribution < -0.4 is 14.9 Å². The average Bonchev–Trinajstić information content (AvgIpc) is 2.61. The number of benzene rings is 2. The lowest BCUT2D eigenvalue weighted by atomic mass is 10.1. The van der Waals surface area contributed by atoms with Crippen molar-refractivity contribution < 1.29 is 19.4 Å². The van der Waals surface area contributed by atoms with E-state index in [0.717, 1.165) is 16.7 Å². The SMILES string of the molecule is COc1cc(/C=N\NC(=O)COc2c(C)ccc(C)c2C)cc(Cl)c1O. The average molecular weight is 377 g/mol. The van der Waals surface area contributed by atoms with Crippen LogP contribution in [0.5, 0.6) is 17.2 Å². The molecule has 2 aromatic rings. The van der Waals surface area contributed by atoms with E-state index in [1.807, 2.05) is 32.9 Å². The molecule has 0 saturated carbocycles. The third-order valence-corrected chi connectivity index (χ3v) is 4.18. The summed E-state index contributed by atoms with van der Waals surface area (Å²) in [6.45, 7) is 5.72. The van der Waals surface area contributed by atoms with Crippen molar-refractivity contribution in [3.05, 3.63) is 51.5 Å². The van der Waals surface area contributed by atoms with Gasteiger partial charge in [-0.3, -0.25) is 4.79 Å². The lowest BCUT2D eigenvalue weighted by molar-refractivity contribution is -0.123. The van der Waals surface area contributed by atoms with Crippen LogP contribution in [0.2, 0.25) is 5.02 Å². The van der Waals surface area contributed by atoms with Crippen LogP contribution in [0, 0.1) is 20.8 Å². The molecule has 0 atom stereocenters. The van der Waals surface area contributed by atoms with E-state index in [1.54, 1.807) is 6.07 Å². The second kappa shape index (κ2) is 8.58. The molecule has 0 unspecified atom stereocenters. The first kappa shape index (κ1) is 19.6. The zero-order valence-corrected chi connectivity index (χ0v) is 15.8. The lowest BCUT2D eigenvalue weighted by Crippen LogP contribution is -2.25. The Morgan fingerprint density at radius 3 is 2.65 bits per heavy atom. The summed E-state index contributed by atoms with van der Waals surface area (Å²) in [4.78, 5) is 11.9. The van der Waals surface area contributed by atoms with Gasteiger partial charge in [0.05, 0.1) is 18.3 Å². The van der Waals surface area contributed by atoms with Gasteiger partial charge in [0.25, 0.3) is 5.91 Å². The van der Waals surface area contributed by atoms with Gasteiger partial charge in [-0.1, -0.05) is 23.7 Å². The molecular formula is C19H21ClN2O4. The molecule has 1 amide bonds. The van der Waals surface area contributed by atoms with E-state index in [4.69, 9.17) is 21.1 Å². The third-order valence-electron chi connectivity index (χ3n) is 3.89. The van der Waals surface area contributed by atoms with Gasteiger partial charge in [-0.2, -0.15) is 5.10 Å². The molecule has 0 aliphatic rings. The highest BCUT2D eigenvalue weighted by atomic mass is 35.5. The largest absolute Gasteiger partial charge is 0.503 e. The molecule has 0 spiro atoms. The Morgan fingerprint density at radius 1 is 1.27 bits per heavy atom. The van der Waals surface area contributed by atoms with Crippen molar-refractivity contribution in [1.82, 2.24) is 5.43 Å². The van der Waals surface area contributed by atoms with Gasteiger partial charge >= 0.3 is 0 Å². The molecule has 0 aliphatic carbocycles. The number of halogens is 1. The fourth-order valence-corrected chi connectivity index (χ4v) is 2.54. The molecule has 0 aromatic heterocycles. The zero-order valence-electron chi connectivity index (χ0n) is 15.1. The number of aromatic hydroxyl groups is 1. The van der Waals surface area contributed by atoms with Crippen LogP contribution in [0.4, 0.5) is 0 Å². The number of phenolic OH excluding ortho intramolecular Hbond substituents is 1.